The highest BCUT2D eigenvalue weighted by Crippen LogP contribution is 2.39. The van der Waals surface area contributed by atoms with Crippen molar-refractivity contribution in [1.29, 1.82) is 0 Å². The van der Waals surface area contributed by atoms with Gasteiger partial charge in [-0.2, -0.15) is 44.3 Å². The predicted molar refractivity (Wildman–Crippen MR) is 133 cm³/mol. The molecule has 4 rings (SSSR count). The number of nitrogens with zero attached hydrogens (tertiary/aromatic N) is 5. The number of benzene rings is 2. The number of anilines is 1. The number of halogens is 9. The molecule has 0 fully saturated rings. The van der Waals surface area contributed by atoms with E-state index in [0.29, 0.717) is 35.4 Å². The zero-order valence-electron chi connectivity index (χ0n) is 22.4. The molecule has 1 heterocycles. The van der Waals surface area contributed by atoms with Gasteiger partial charge >= 0.3 is 18.5 Å². The molecular formula is C27H24F9N5O. The number of hydrogen-bond donors (Lipinski definition) is 0. The lowest BCUT2D eigenvalue weighted by Crippen LogP contribution is -2.25. The summed E-state index contributed by atoms with van der Waals surface area (Å²) in [6.07, 6.45) is -10.7. The Morgan fingerprint density at radius 3 is 2.02 bits per heavy atom. The molecule has 0 N–H and O–H groups in total. The number of aryl methyl sites for hydroxylation is 1. The van der Waals surface area contributed by atoms with Gasteiger partial charge in [0, 0.05) is 18.7 Å². The lowest BCUT2D eigenvalue weighted by molar-refractivity contribution is -0.143. The van der Waals surface area contributed by atoms with E-state index in [1.807, 2.05) is 13.0 Å². The number of hydrogen-bond acceptors (Lipinski definition) is 5. The van der Waals surface area contributed by atoms with E-state index in [4.69, 9.17) is 4.74 Å². The summed E-state index contributed by atoms with van der Waals surface area (Å²) in [5.41, 5.74) is -3.60. The first-order valence-corrected chi connectivity index (χ1v) is 12.4. The van der Waals surface area contributed by atoms with E-state index in [0.717, 1.165) is 21.8 Å². The Bertz CT molecular complexity index is 1470. The standard InChI is InChI=1S/C27H24F9N5O/c1-15-4-7-23(42-3)22(8-15)21-6-5-18(25(28,29)30)11-17(21)14-41(24-37-39-40(2)38-24)13-16-9-19(26(31,32)33)12-20(10-16)27(34,35)36/h5-12,15H,4,13-14H2,1-3H3. The molecule has 0 saturated carbocycles. The Morgan fingerprint density at radius 2 is 1.50 bits per heavy atom. The molecule has 3 aromatic rings. The zero-order valence-corrected chi connectivity index (χ0v) is 22.4. The van der Waals surface area contributed by atoms with Gasteiger partial charge in [0.15, 0.2) is 0 Å². The zero-order chi connectivity index (χ0) is 31.0. The summed E-state index contributed by atoms with van der Waals surface area (Å²) >= 11 is 0. The van der Waals surface area contributed by atoms with Gasteiger partial charge in [0.05, 0.1) is 30.8 Å². The molecule has 226 valence electrons. The van der Waals surface area contributed by atoms with Crippen LogP contribution < -0.4 is 4.90 Å². The van der Waals surface area contributed by atoms with E-state index in [-0.39, 0.29) is 23.5 Å². The Morgan fingerprint density at radius 1 is 0.881 bits per heavy atom. The maximum absolute atomic E-state index is 13.8. The topological polar surface area (TPSA) is 56.1 Å². The third-order valence-corrected chi connectivity index (χ3v) is 6.50. The van der Waals surface area contributed by atoms with Crippen LogP contribution in [0.4, 0.5) is 45.5 Å². The molecule has 0 aliphatic heterocycles. The molecule has 1 aromatic heterocycles. The molecular weight excluding hydrogens is 581 g/mol. The maximum Gasteiger partial charge on any atom is 0.416 e. The minimum absolute atomic E-state index is 0.00531. The highest BCUT2D eigenvalue weighted by molar-refractivity contribution is 5.80. The number of aromatic nitrogens is 4. The van der Waals surface area contributed by atoms with Gasteiger partial charge in [-0.25, -0.2) is 0 Å². The van der Waals surface area contributed by atoms with Crippen LogP contribution in [0.25, 0.3) is 5.57 Å². The third-order valence-electron chi connectivity index (χ3n) is 6.50. The van der Waals surface area contributed by atoms with Crippen molar-refractivity contribution in [3.05, 3.63) is 87.7 Å². The minimum atomic E-state index is -5.09. The third kappa shape index (κ3) is 7.05. The molecule has 1 aliphatic carbocycles. The summed E-state index contributed by atoms with van der Waals surface area (Å²) in [7, 11) is 2.78. The SMILES string of the molecule is COC1=CCC(C)C=C1c1ccc(C(F)(F)F)cc1CN(Cc1cc(C(F)(F)F)cc(C(F)(F)F)c1)c1nnn(C)n1. The fourth-order valence-electron chi connectivity index (χ4n) is 4.55. The van der Waals surface area contributed by atoms with E-state index in [9.17, 15) is 39.5 Å². The maximum atomic E-state index is 13.8. The second kappa shape index (κ2) is 11.3. The monoisotopic (exact) mass is 605 g/mol. The second-order valence-electron chi connectivity index (χ2n) is 9.78. The molecule has 42 heavy (non-hydrogen) atoms. The Kier molecular flexibility index (Phi) is 8.33. The molecule has 0 saturated heterocycles. The van der Waals surface area contributed by atoms with E-state index >= 15 is 0 Å². The van der Waals surface area contributed by atoms with Gasteiger partial charge in [0.1, 0.15) is 5.76 Å². The first kappa shape index (κ1) is 30.9. The van der Waals surface area contributed by atoms with Gasteiger partial charge < -0.3 is 9.64 Å². The molecule has 15 heteroatoms. The normalized spacial score (nSPS) is 16.2. The number of rotatable bonds is 7. The summed E-state index contributed by atoms with van der Waals surface area (Å²) < 4.78 is 128. The van der Waals surface area contributed by atoms with Crippen molar-refractivity contribution in [2.24, 2.45) is 13.0 Å². The van der Waals surface area contributed by atoms with E-state index in [1.54, 1.807) is 6.08 Å². The smallest absolute Gasteiger partial charge is 0.416 e. The van der Waals surface area contributed by atoms with Crippen molar-refractivity contribution in [2.45, 2.75) is 45.0 Å². The first-order valence-electron chi connectivity index (χ1n) is 12.4. The van der Waals surface area contributed by atoms with Crippen molar-refractivity contribution in [1.82, 2.24) is 20.2 Å². The molecule has 1 atom stereocenters. The number of ether oxygens (including phenoxy) is 1. The van der Waals surface area contributed by atoms with Crippen molar-refractivity contribution < 1.29 is 44.3 Å². The molecule has 0 spiro atoms. The number of alkyl halides is 9. The summed E-state index contributed by atoms with van der Waals surface area (Å²) in [5.74, 6) is 0.198. The van der Waals surface area contributed by atoms with Crippen LogP contribution in [0.3, 0.4) is 0 Å². The van der Waals surface area contributed by atoms with Gasteiger partial charge in [-0.05, 0) is 70.7 Å². The van der Waals surface area contributed by atoms with Crippen LogP contribution in [0, 0.1) is 5.92 Å². The molecule has 6 nitrogen and oxygen atoms in total. The quantitative estimate of drug-likeness (QED) is 0.263. The van der Waals surface area contributed by atoms with Crippen LogP contribution in [-0.4, -0.2) is 27.3 Å². The average molecular weight is 606 g/mol. The number of methoxy groups -OCH3 is 1. The van der Waals surface area contributed by atoms with E-state index in [2.05, 4.69) is 15.4 Å². The van der Waals surface area contributed by atoms with Gasteiger partial charge in [-0.3, -0.25) is 0 Å². The molecule has 1 aliphatic rings. The van der Waals surface area contributed by atoms with Gasteiger partial charge in [0.25, 0.3) is 5.95 Å². The van der Waals surface area contributed by atoms with Crippen molar-refractivity contribution >= 4 is 11.5 Å². The highest BCUT2D eigenvalue weighted by atomic mass is 19.4. The van der Waals surface area contributed by atoms with Gasteiger partial charge in [-0.1, -0.05) is 24.2 Å². The fourth-order valence-corrected chi connectivity index (χ4v) is 4.55. The predicted octanol–water partition coefficient (Wildman–Crippen LogP) is 7.43. The lowest BCUT2D eigenvalue weighted by Gasteiger charge is -2.26. The van der Waals surface area contributed by atoms with Crippen molar-refractivity contribution in [2.75, 3.05) is 12.0 Å². The van der Waals surface area contributed by atoms with Crippen molar-refractivity contribution in [3.8, 4) is 0 Å². The van der Waals surface area contributed by atoms with Crippen LogP contribution in [0.1, 0.15) is 46.7 Å². The Labute approximate surface area is 234 Å². The van der Waals surface area contributed by atoms with Gasteiger partial charge in [0.2, 0.25) is 0 Å². The number of allylic oxidation sites excluding steroid dienone is 3. The molecule has 1 unspecified atom stereocenters. The summed E-state index contributed by atoms with van der Waals surface area (Å²) in [4.78, 5) is 2.16. The number of tetrazole rings is 1. The lowest BCUT2D eigenvalue weighted by atomic mass is 9.88. The minimum Gasteiger partial charge on any atom is -0.496 e. The van der Waals surface area contributed by atoms with Crippen molar-refractivity contribution in [3.63, 3.8) is 0 Å². The summed E-state index contributed by atoms with van der Waals surface area (Å²) in [6, 6.07) is 4.10. The van der Waals surface area contributed by atoms with E-state index < -0.39 is 53.9 Å². The average Bonchev–Trinajstić information content (AvgIpc) is 3.32. The van der Waals surface area contributed by atoms with Crippen LogP contribution in [0.2, 0.25) is 0 Å². The molecule has 2 aromatic carbocycles. The van der Waals surface area contributed by atoms with Crippen LogP contribution in [0.5, 0.6) is 0 Å². The molecule has 0 radical (unpaired) electrons. The second-order valence-corrected chi connectivity index (χ2v) is 9.78. The van der Waals surface area contributed by atoms with Crippen LogP contribution in [-0.2, 0) is 43.4 Å². The Hall–Kier alpha value is -4.04. The largest absolute Gasteiger partial charge is 0.496 e. The summed E-state index contributed by atoms with van der Waals surface area (Å²) in [5, 5.41) is 11.5. The molecule has 0 bridgehead atoms. The Balaban J connectivity index is 1.86. The first-order chi connectivity index (χ1) is 19.5. The fraction of sp³-hybridized carbons (Fsp3) is 0.370. The van der Waals surface area contributed by atoms with Crippen LogP contribution >= 0.6 is 0 Å². The molecule has 0 amide bonds. The van der Waals surface area contributed by atoms with Crippen LogP contribution in [0.15, 0.2) is 54.3 Å². The van der Waals surface area contributed by atoms with E-state index in [1.165, 1.54) is 20.2 Å². The summed E-state index contributed by atoms with van der Waals surface area (Å²) in [6.45, 7) is 0.858. The van der Waals surface area contributed by atoms with Gasteiger partial charge in [-0.15, -0.1) is 5.10 Å². The highest BCUT2D eigenvalue weighted by Gasteiger charge is 2.37.